The van der Waals surface area contributed by atoms with Crippen molar-refractivity contribution in [2.45, 2.75) is 64.6 Å². The number of benzene rings is 1. The quantitative estimate of drug-likeness (QED) is 0.843. The van der Waals surface area contributed by atoms with Gasteiger partial charge < -0.3 is 15.3 Å². The fraction of sp³-hybridized carbons (Fsp3) is 0.667. The molecule has 21 heavy (non-hydrogen) atoms. The van der Waals surface area contributed by atoms with Crippen LogP contribution in [0.5, 0.6) is 0 Å². The van der Waals surface area contributed by atoms with Crippen LogP contribution < -0.4 is 10.2 Å². The molecule has 1 aromatic carbocycles. The first-order valence-corrected chi connectivity index (χ1v) is 8.21. The monoisotopic (exact) mass is 290 g/mol. The van der Waals surface area contributed by atoms with E-state index in [0.29, 0.717) is 12.6 Å². The molecule has 0 bridgehead atoms. The smallest absolute Gasteiger partial charge is 0.0431 e. The molecule has 0 aromatic heterocycles. The van der Waals surface area contributed by atoms with Crippen molar-refractivity contribution in [3.63, 3.8) is 0 Å². The Labute approximate surface area is 129 Å². The lowest BCUT2D eigenvalue weighted by molar-refractivity contribution is 0.279. The molecule has 118 valence electrons. The fourth-order valence-electron chi connectivity index (χ4n) is 2.98. The number of hydrogen-bond donors (Lipinski definition) is 2. The molecule has 3 heteroatoms. The van der Waals surface area contributed by atoms with E-state index in [4.69, 9.17) is 5.11 Å². The summed E-state index contributed by atoms with van der Waals surface area (Å²) in [6.07, 6.45) is 4.54. The molecule has 0 radical (unpaired) electrons. The minimum atomic E-state index is 0.156. The SMILES string of the molecule is CC(C)(C)NCc1ccc(N2CCCC2CCCO)cc1. The highest BCUT2D eigenvalue weighted by Crippen LogP contribution is 2.28. The van der Waals surface area contributed by atoms with Crippen molar-refractivity contribution in [3.05, 3.63) is 29.8 Å². The lowest BCUT2D eigenvalue weighted by Crippen LogP contribution is -2.35. The molecule has 1 atom stereocenters. The standard InChI is InChI=1S/C18H30N2O/c1-18(2,3)19-14-15-8-10-17(11-9-15)20-12-4-6-16(20)7-5-13-21/h8-11,16,19,21H,4-7,12-14H2,1-3H3. The molecular formula is C18H30N2O. The highest BCUT2D eigenvalue weighted by Gasteiger charge is 2.24. The van der Waals surface area contributed by atoms with Crippen molar-refractivity contribution in [2.75, 3.05) is 18.1 Å². The molecule has 1 aliphatic rings. The van der Waals surface area contributed by atoms with E-state index >= 15 is 0 Å². The molecule has 3 nitrogen and oxygen atoms in total. The summed E-state index contributed by atoms with van der Waals surface area (Å²) in [5.41, 5.74) is 2.82. The van der Waals surface area contributed by atoms with Gasteiger partial charge in [0, 0.05) is 37.0 Å². The summed E-state index contributed by atoms with van der Waals surface area (Å²) in [7, 11) is 0. The second-order valence-electron chi connectivity index (χ2n) is 7.13. The minimum absolute atomic E-state index is 0.156. The molecular weight excluding hydrogens is 260 g/mol. The minimum Gasteiger partial charge on any atom is -0.396 e. The van der Waals surface area contributed by atoms with Crippen LogP contribution in [-0.4, -0.2) is 29.8 Å². The average molecular weight is 290 g/mol. The Balaban J connectivity index is 1.94. The number of rotatable bonds is 6. The first kappa shape index (κ1) is 16.3. The summed E-state index contributed by atoms with van der Waals surface area (Å²) in [4.78, 5) is 2.51. The summed E-state index contributed by atoms with van der Waals surface area (Å²) < 4.78 is 0. The van der Waals surface area contributed by atoms with Gasteiger partial charge in [-0.3, -0.25) is 0 Å². The molecule has 0 spiro atoms. The number of nitrogens with one attached hydrogen (secondary N) is 1. The van der Waals surface area contributed by atoms with Gasteiger partial charge in [-0.05, 0) is 64.2 Å². The number of aliphatic hydroxyl groups is 1. The summed E-state index contributed by atoms with van der Waals surface area (Å²) in [5.74, 6) is 0. The van der Waals surface area contributed by atoms with Gasteiger partial charge in [-0.15, -0.1) is 0 Å². The number of aliphatic hydroxyl groups excluding tert-OH is 1. The van der Waals surface area contributed by atoms with Crippen LogP contribution in [0.1, 0.15) is 52.0 Å². The molecule has 1 aliphatic heterocycles. The van der Waals surface area contributed by atoms with Crippen molar-refractivity contribution in [1.29, 1.82) is 0 Å². The molecule has 1 aromatic rings. The topological polar surface area (TPSA) is 35.5 Å². The second kappa shape index (κ2) is 7.28. The van der Waals surface area contributed by atoms with E-state index in [1.54, 1.807) is 0 Å². The zero-order valence-corrected chi connectivity index (χ0v) is 13.7. The van der Waals surface area contributed by atoms with Gasteiger partial charge in [0.2, 0.25) is 0 Å². The van der Waals surface area contributed by atoms with E-state index in [1.807, 2.05) is 0 Å². The summed E-state index contributed by atoms with van der Waals surface area (Å²) in [6, 6.07) is 9.56. The van der Waals surface area contributed by atoms with Crippen molar-refractivity contribution in [1.82, 2.24) is 5.32 Å². The Hall–Kier alpha value is -1.06. The van der Waals surface area contributed by atoms with Crippen molar-refractivity contribution in [3.8, 4) is 0 Å². The maximum absolute atomic E-state index is 9.02. The van der Waals surface area contributed by atoms with Crippen molar-refractivity contribution in [2.24, 2.45) is 0 Å². The summed E-state index contributed by atoms with van der Waals surface area (Å²) >= 11 is 0. The van der Waals surface area contributed by atoms with Crippen LogP contribution >= 0.6 is 0 Å². The fourth-order valence-corrected chi connectivity index (χ4v) is 2.98. The molecule has 2 rings (SSSR count). The van der Waals surface area contributed by atoms with Gasteiger partial charge in [0.1, 0.15) is 0 Å². The normalized spacial score (nSPS) is 19.2. The summed E-state index contributed by atoms with van der Waals surface area (Å²) in [5, 5.41) is 12.5. The Morgan fingerprint density at radius 3 is 2.57 bits per heavy atom. The number of nitrogens with zero attached hydrogens (tertiary/aromatic N) is 1. The van der Waals surface area contributed by atoms with Crippen LogP contribution in [0, 0.1) is 0 Å². The van der Waals surface area contributed by atoms with Crippen LogP contribution in [0.2, 0.25) is 0 Å². The number of anilines is 1. The maximum Gasteiger partial charge on any atom is 0.0431 e. The van der Waals surface area contributed by atoms with Crippen LogP contribution in [0.3, 0.4) is 0 Å². The van der Waals surface area contributed by atoms with Crippen molar-refractivity contribution < 1.29 is 5.11 Å². The summed E-state index contributed by atoms with van der Waals surface area (Å²) in [6.45, 7) is 8.95. The van der Waals surface area contributed by atoms with E-state index < -0.39 is 0 Å². The molecule has 0 amide bonds. The van der Waals surface area contributed by atoms with E-state index in [9.17, 15) is 0 Å². The molecule has 0 aliphatic carbocycles. The molecule has 1 fully saturated rings. The first-order chi connectivity index (χ1) is 9.99. The Morgan fingerprint density at radius 1 is 1.24 bits per heavy atom. The van der Waals surface area contributed by atoms with E-state index in [2.05, 4.69) is 55.3 Å². The molecule has 2 N–H and O–H groups in total. The lowest BCUT2D eigenvalue weighted by Gasteiger charge is -2.27. The second-order valence-corrected chi connectivity index (χ2v) is 7.13. The van der Waals surface area contributed by atoms with E-state index in [1.165, 1.54) is 24.1 Å². The number of hydrogen-bond acceptors (Lipinski definition) is 3. The molecule has 1 heterocycles. The highest BCUT2D eigenvalue weighted by molar-refractivity contribution is 5.49. The Morgan fingerprint density at radius 2 is 1.95 bits per heavy atom. The molecule has 0 saturated carbocycles. The van der Waals surface area contributed by atoms with E-state index in [0.717, 1.165) is 25.9 Å². The van der Waals surface area contributed by atoms with Gasteiger partial charge in [-0.1, -0.05) is 12.1 Å². The van der Waals surface area contributed by atoms with Gasteiger partial charge in [0.15, 0.2) is 0 Å². The van der Waals surface area contributed by atoms with Gasteiger partial charge in [0.25, 0.3) is 0 Å². The van der Waals surface area contributed by atoms with Gasteiger partial charge in [-0.25, -0.2) is 0 Å². The third-order valence-corrected chi connectivity index (χ3v) is 4.16. The third kappa shape index (κ3) is 5.01. The van der Waals surface area contributed by atoms with Crippen LogP contribution in [0.25, 0.3) is 0 Å². The van der Waals surface area contributed by atoms with Crippen LogP contribution in [0.4, 0.5) is 5.69 Å². The van der Waals surface area contributed by atoms with Gasteiger partial charge >= 0.3 is 0 Å². The van der Waals surface area contributed by atoms with Crippen LogP contribution in [-0.2, 0) is 6.54 Å². The van der Waals surface area contributed by atoms with Crippen LogP contribution in [0.15, 0.2) is 24.3 Å². The largest absolute Gasteiger partial charge is 0.396 e. The molecule has 1 saturated heterocycles. The molecule has 1 unspecified atom stereocenters. The lowest BCUT2D eigenvalue weighted by atomic mass is 10.1. The average Bonchev–Trinajstić information content (AvgIpc) is 2.91. The maximum atomic E-state index is 9.02. The first-order valence-electron chi connectivity index (χ1n) is 8.21. The highest BCUT2D eigenvalue weighted by atomic mass is 16.2. The van der Waals surface area contributed by atoms with E-state index in [-0.39, 0.29) is 5.54 Å². The van der Waals surface area contributed by atoms with Gasteiger partial charge in [-0.2, -0.15) is 0 Å². The Bertz CT molecular complexity index is 422. The van der Waals surface area contributed by atoms with Gasteiger partial charge in [0.05, 0.1) is 0 Å². The predicted octanol–water partition coefficient (Wildman–Crippen LogP) is 3.32. The third-order valence-electron chi connectivity index (χ3n) is 4.16. The van der Waals surface area contributed by atoms with Crippen molar-refractivity contribution >= 4 is 5.69 Å². The zero-order chi connectivity index (χ0) is 15.3. The Kier molecular flexibility index (Phi) is 5.65. The predicted molar refractivity (Wildman–Crippen MR) is 89.7 cm³/mol. The zero-order valence-electron chi connectivity index (χ0n) is 13.7.